The van der Waals surface area contributed by atoms with E-state index in [0.29, 0.717) is 13.2 Å². The summed E-state index contributed by atoms with van der Waals surface area (Å²) in [5.41, 5.74) is 7.66. The van der Waals surface area contributed by atoms with Crippen molar-refractivity contribution in [1.29, 1.82) is 0 Å². The smallest absolute Gasteiger partial charge is 0.134 e. The summed E-state index contributed by atoms with van der Waals surface area (Å²) < 4.78 is 11.4. The number of benzene rings is 1. The second kappa shape index (κ2) is 6.38. The Morgan fingerprint density at radius 1 is 1.33 bits per heavy atom. The molecule has 0 unspecified atom stereocenters. The molecule has 0 saturated carbocycles. The van der Waals surface area contributed by atoms with Crippen LogP contribution in [0.1, 0.15) is 24.2 Å². The van der Waals surface area contributed by atoms with E-state index < -0.39 is 0 Å². The summed E-state index contributed by atoms with van der Waals surface area (Å²) in [6.45, 7) is 5.38. The highest BCUT2D eigenvalue weighted by atomic mass is 16.5. The fourth-order valence-corrected chi connectivity index (χ4v) is 1.98. The second-order valence-electron chi connectivity index (χ2n) is 4.19. The lowest BCUT2D eigenvalue weighted by atomic mass is 10.1. The highest BCUT2D eigenvalue weighted by Crippen LogP contribution is 2.26. The SMILES string of the molecule is C=CCCCOCc1c(CN)oc2ccccc12. The Morgan fingerprint density at radius 3 is 2.94 bits per heavy atom. The van der Waals surface area contributed by atoms with E-state index in [1.54, 1.807) is 0 Å². The van der Waals surface area contributed by atoms with Crippen molar-refractivity contribution in [3.63, 3.8) is 0 Å². The number of nitrogens with two attached hydrogens (primary N) is 1. The van der Waals surface area contributed by atoms with Gasteiger partial charge < -0.3 is 14.9 Å². The number of para-hydroxylation sites is 1. The van der Waals surface area contributed by atoms with Crippen LogP contribution in [0, 0.1) is 0 Å². The molecule has 96 valence electrons. The minimum absolute atomic E-state index is 0.403. The number of hydrogen-bond acceptors (Lipinski definition) is 3. The first kappa shape index (κ1) is 12.9. The minimum atomic E-state index is 0.403. The first-order valence-corrected chi connectivity index (χ1v) is 6.24. The highest BCUT2D eigenvalue weighted by molar-refractivity contribution is 5.82. The summed E-state index contributed by atoms with van der Waals surface area (Å²) in [5, 5.41) is 1.10. The normalized spacial score (nSPS) is 10.9. The maximum Gasteiger partial charge on any atom is 0.134 e. The van der Waals surface area contributed by atoms with Crippen LogP contribution in [-0.2, 0) is 17.9 Å². The van der Waals surface area contributed by atoms with Crippen molar-refractivity contribution in [3.05, 3.63) is 48.2 Å². The Kier molecular flexibility index (Phi) is 4.56. The topological polar surface area (TPSA) is 48.4 Å². The van der Waals surface area contributed by atoms with Gasteiger partial charge >= 0.3 is 0 Å². The van der Waals surface area contributed by atoms with Crippen molar-refractivity contribution in [2.75, 3.05) is 6.61 Å². The zero-order valence-electron chi connectivity index (χ0n) is 10.5. The van der Waals surface area contributed by atoms with Gasteiger partial charge in [0.15, 0.2) is 0 Å². The van der Waals surface area contributed by atoms with Crippen LogP contribution in [0.2, 0.25) is 0 Å². The molecule has 0 saturated heterocycles. The van der Waals surface area contributed by atoms with Crippen LogP contribution in [0.5, 0.6) is 0 Å². The molecule has 1 aromatic heterocycles. The Hall–Kier alpha value is -1.58. The standard InChI is InChI=1S/C15H19NO2/c1-2-3-6-9-17-11-13-12-7-4-5-8-14(12)18-15(13)10-16/h2,4-5,7-8H,1,3,6,9-11,16H2. The number of hydrogen-bond donors (Lipinski definition) is 1. The van der Waals surface area contributed by atoms with Gasteiger partial charge in [-0.15, -0.1) is 6.58 Å². The van der Waals surface area contributed by atoms with Crippen molar-refractivity contribution < 1.29 is 9.15 Å². The van der Waals surface area contributed by atoms with Gasteiger partial charge in [0, 0.05) is 17.6 Å². The predicted octanol–water partition coefficient (Wildman–Crippen LogP) is 3.37. The Morgan fingerprint density at radius 2 is 2.17 bits per heavy atom. The first-order valence-electron chi connectivity index (χ1n) is 6.24. The lowest BCUT2D eigenvalue weighted by Crippen LogP contribution is -2.01. The molecule has 0 aliphatic heterocycles. The predicted molar refractivity (Wildman–Crippen MR) is 73.2 cm³/mol. The van der Waals surface area contributed by atoms with Crippen molar-refractivity contribution in [1.82, 2.24) is 0 Å². The number of unbranched alkanes of at least 4 members (excludes halogenated alkanes) is 1. The summed E-state index contributed by atoms with van der Waals surface area (Å²) in [6, 6.07) is 7.95. The molecular formula is C15H19NO2. The lowest BCUT2D eigenvalue weighted by Gasteiger charge is -2.03. The molecule has 3 heteroatoms. The van der Waals surface area contributed by atoms with Crippen molar-refractivity contribution in [2.24, 2.45) is 5.73 Å². The van der Waals surface area contributed by atoms with Gasteiger partial charge in [0.2, 0.25) is 0 Å². The monoisotopic (exact) mass is 245 g/mol. The number of furan rings is 1. The van der Waals surface area contributed by atoms with E-state index in [-0.39, 0.29) is 0 Å². The largest absolute Gasteiger partial charge is 0.459 e. The fraction of sp³-hybridized carbons (Fsp3) is 0.333. The quantitative estimate of drug-likeness (QED) is 0.601. The molecule has 0 atom stereocenters. The average Bonchev–Trinajstić information content (AvgIpc) is 2.77. The molecule has 0 amide bonds. The average molecular weight is 245 g/mol. The molecule has 3 nitrogen and oxygen atoms in total. The Labute approximate surface area is 107 Å². The van der Waals surface area contributed by atoms with Crippen LogP contribution < -0.4 is 5.73 Å². The highest BCUT2D eigenvalue weighted by Gasteiger charge is 2.12. The van der Waals surface area contributed by atoms with E-state index in [1.165, 1.54) is 0 Å². The van der Waals surface area contributed by atoms with Gasteiger partial charge in [-0.3, -0.25) is 0 Å². The minimum Gasteiger partial charge on any atom is -0.459 e. The molecule has 18 heavy (non-hydrogen) atoms. The van der Waals surface area contributed by atoms with Crippen LogP contribution in [-0.4, -0.2) is 6.61 Å². The summed E-state index contributed by atoms with van der Waals surface area (Å²) in [6.07, 6.45) is 3.88. The maximum absolute atomic E-state index is 5.71. The number of allylic oxidation sites excluding steroid dienone is 1. The Bertz CT molecular complexity index is 516. The molecule has 0 fully saturated rings. The van der Waals surface area contributed by atoms with Crippen LogP contribution in [0.4, 0.5) is 0 Å². The molecule has 0 spiro atoms. The first-order chi connectivity index (χ1) is 8.86. The number of rotatable bonds is 7. The van der Waals surface area contributed by atoms with Crippen molar-refractivity contribution in [2.45, 2.75) is 26.0 Å². The number of fused-ring (bicyclic) bond motifs is 1. The maximum atomic E-state index is 5.71. The van der Waals surface area contributed by atoms with Crippen LogP contribution in [0.25, 0.3) is 11.0 Å². The summed E-state index contributed by atoms with van der Waals surface area (Å²) >= 11 is 0. The van der Waals surface area contributed by atoms with Crippen LogP contribution in [0.15, 0.2) is 41.3 Å². The van der Waals surface area contributed by atoms with Gasteiger partial charge in [-0.05, 0) is 18.9 Å². The van der Waals surface area contributed by atoms with E-state index in [9.17, 15) is 0 Å². The third-order valence-electron chi connectivity index (χ3n) is 2.91. The van der Waals surface area contributed by atoms with Crippen LogP contribution >= 0.6 is 0 Å². The molecule has 0 radical (unpaired) electrons. The van der Waals surface area contributed by atoms with Gasteiger partial charge in [-0.2, -0.15) is 0 Å². The van der Waals surface area contributed by atoms with E-state index in [4.69, 9.17) is 14.9 Å². The molecule has 1 heterocycles. The van der Waals surface area contributed by atoms with Crippen LogP contribution in [0.3, 0.4) is 0 Å². The third-order valence-corrected chi connectivity index (χ3v) is 2.91. The molecule has 2 rings (SSSR count). The van der Waals surface area contributed by atoms with Gasteiger partial charge in [0.25, 0.3) is 0 Å². The van der Waals surface area contributed by atoms with Crippen molar-refractivity contribution in [3.8, 4) is 0 Å². The zero-order chi connectivity index (χ0) is 12.8. The molecule has 0 aliphatic carbocycles. The lowest BCUT2D eigenvalue weighted by molar-refractivity contribution is 0.118. The zero-order valence-corrected chi connectivity index (χ0v) is 10.5. The number of ether oxygens (including phenoxy) is 1. The Balaban J connectivity index is 2.08. The van der Waals surface area contributed by atoms with Gasteiger partial charge in [-0.25, -0.2) is 0 Å². The molecule has 0 aliphatic rings. The third kappa shape index (κ3) is 2.81. The van der Waals surface area contributed by atoms with E-state index in [0.717, 1.165) is 41.7 Å². The molecule has 2 N–H and O–H groups in total. The van der Waals surface area contributed by atoms with Crippen molar-refractivity contribution >= 4 is 11.0 Å². The second-order valence-corrected chi connectivity index (χ2v) is 4.19. The van der Waals surface area contributed by atoms with E-state index >= 15 is 0 Å². The van der Waals surface area contributed by atoms with Gasteiger partial charge in [0.05, 0.1) is 13.2 Å². The summed E-state index contributed by atoms with van der Waals surface area (Å²) in [7, 11) is 0. The molecule has 1 aromatic carbocycles. The fourth-order valence-electron chi connectivity index (χ4n) is 1.98. The molecular weight excluding hydrogens is 226 g/mol. The van der Waals surface area contributed by atoms with Gasteiger partial charge in [-0.1, -0.05) is 24.3 Å². The van der Waals surface area contributed by atoms with E-state index in [1.807, 2.05) is 30.3 Å². The summed E-state index contributed by atoms with van der Waals surface area (Å²) in [5.74, 6) is 0.819. The summed E-state index contributed by atoms with van der Waals surface area (Å²) in [4.78, 5) is 0. The van der Waals surface area contributed by atoms with E-state index in [2.05, 4.69) is 6.58 Å². The van der Waals surface area contributed by atoms with Gasteiger partial charge in [0.1, 0.15) is 11.3 Å². The molecule has 0 bridgehead atoms. The molecule has 2 aromatic rings.